The van der Waals surface area contributed by atoms with E-state index in [4.69, 9.17) is 10.5 Å². The van der Waals surface area contributed by atoms with Crippen LogP contribution in [0.15, 0.2) is 48.5 Å². The number of nitrogens with two attached hydrogens (primary N) is 1. The van der Waals surface area contributed by atoms with E-state index in [1.165, 1.54) is 16.7 Å². The second-order valence-corrected chi connectivity index (χ2v) is 4.19. The molecule has 0 saturated carbocycles. The Morgan fingerprint density at radius 3 is 1.94 bits per heavy atom. The van der Waals surface area contributed by atoms with Gasteiger partial charge in [0, 0.05) is 0 Å². The summed E-state index contributed by atoms with van der Waals surface area (Å²) in [6.45, 7) is 3.39. The van der Waals surface area contributed by atoms with Gasteiger partial charge in [0.15, 0.2) is 0 Å². The second kappa shape index (κ2) is 6.22. The lowest BCUT2D eigenvalue weighted by Gasteiger charge is -2.06. The summed E-state index contributed by atoms with van der Waals surface area (Å²) in [7, 11) is 0. The number of ether oxygens (including phenoxy) is 1. The summed E-state index contributed by atoms with van der Waals surface area (Å²) >= 11 is 0. The van der Waals surface area contributed by atoms with E-state index in [9.17, 15) is 0 Å². The van der Waals surface area contributed by atoms with Gasteiger partial charge in [-0.25, -0.2) is 0 Å². The van der Waals surface area contributed by atoms with Crippen LogP contribution in [0.3, 0.4) is 0 Å². The van der Waals surface area contributed by atoms with Crippen LogP contribution in [-0.4, -0.2) is 13.2 Å². The molecule has 2 aromatic rings. The van der Waals surface area contributed by atoms with Crippen LogP contribution in [0.2, 0.25) is 0 Å². The van der Waals surface area contributed by atoms with Gasteiger partial charge in [0.2, 0.25) is 0 Å². The van der Waals surface area contributed by atoms with Crippen LogP contribution >= 0.6 is 0 Å². The molecular formula is C16H19NO. The first-order valence-corrected chi connectivity index (χ1v) is 6.35. The third-order valence-corrected chi connectivity index (χ3v) is 2.89. The maximum atomic E-state index is 5.54. The van der Waals surface area contributed by atoms with Gasteiger partial charge in [-0.1, -0.05) is 36.4 Å². The lowest BCUT2D eigenvalue weighted by Crippen LogP contribution is -2.02. The molecule has 2 rings (SSSR count). The first kappa shape index (κ1) is 12.7. The second-order valence-electron chi connectivity index (χ2n) is 4.19. The zero-order valence-corrected chi connectivity index (χ0v) is 10.7. The van der Waals surface area contributed by atoms with Gasteiger partial charge in [-0.3, -0.25) is 0 Å². The van der Waals surface area contributed by atoms with E-state index >= 15 is 0 Å². The molecule has 0 saturated heterocycles. The molecule has 0 atom stereocenters. The van der Waals surface area contributed by atoms with Gasteiger partial charge in [-0.2, -0.15) is 0 Å². The van der Waals surface area contributed by atoms with E-state index in [0.717, 1.165) is 12.2 Å². The van der Waals surface area contributed by atoms with E-state index in [1.54, 1.807) is 0 Å². The van der Waals surface area contributed by atoms with E-state index in [1.807, 2.05) is 19.1 Å². The van der Waals surface area contributed by atoms with Crippen molar-refractivity contribution in [2.45, 2.75) is 13.3 Å². The molecule has 0 aromatic heterocycles. The van der Waals surface area contributed by atoms with Crippen molar-refractivity contribution in [1.82, 2.24) is 0 Å². The number of hydrogen-bond acceptors (Lipinski definition) is 2. The molecule has 2 N–H and O–H groups in total. The lowest BCUT2D eigenvalue weighted by molar-refractivity contribution is 0.340. The quantitative estimate of drug-likeness (QED) is 0.872. The highest BCUT2D eigenvalue weighted by atomic mass is 16.5. The Hall–Kier alpha value is -1.80. The number of rotatable bonds is 5. The van der Waals surface area contributed by atoms with Crippen molar-refractivity contribution >= 4 is 0 Å². The van der Waals surface area contributed by atoms with E-state index < -0.39 is 0 Å². The van der Waals surface area contributed by atoms with Crippen molar-refractivity contribution in [1.29, 1.82) is 0 Å². The van der Waals surface area contributed by atoms with Crippen molar-refractivity contribution in [2.75, 3.05) is 13.2 Å². The number of benzene rings is 2. The molecule has 0 radical (unpaired) electrons. The van der Waals surface area contributed by atoms with Crippen LogP contribution in [0.5, 0.6) is 5.75 Å². The Morgan fingerprint density at radius 2 is 1.44 bits per heavy atom. The van der Waals surface area contributed by atoms with E-state index in [0.29, 0.717) is 13.2 Å². The molecule has 0 aliphatic heterocycles. The minimum Gasteiger partial charge on any atom is -0.494 e. The molecule has 0 aliphatic rings. The highest BCUT2D eigenvalue weighted by Gasteiger charge is 1.99. The predicted octanol–water partition coefficient (Wildman–Crippen LogP) is 3.25. The summed E-state index contributed by atoms with van der Waals surface area (Å²) in [6.07, 6.45) is 0.934. The zero-order chi connectivity index (χ0) is 12.8. The minimum absolute atomic E-state index is 0.697. The average molecular weight is 241 g/mol. The molecule has 94 valence electrons. The van der Waals surface area contributed by atoms with Gasteiger partial charge in [-0.15, -0.1) is 0 Å². The molecule has 0 amide bonds. The van der Waals surface area contributed by atoms with Gasteiger partial charge in [-0.05, 0) is 48.7 Å². The molecule has 0 unspecified atom stereocenters. The lowest BCUT2D eigenvalue weighted by atomic mass is 10.0. The zero-order valence-electron chi connectivity index (χ0n) is 10.7. The highest BCUT2D eigenvalue weighted by Crippen LogP contribution is 2.22. The van der Waals surface area contributed by atoms with Crippen LogP contribution in [0, 0.1) is 0 Å². The van der Waals surface area contributed by atoms with Crippen LogP contribution in [0.1, 0.15) is 12.5 Å². The monoisotopic (exact) mass is 241 g/mol. The molecule has 18 heavy (non-hydrogen) atoms. The topological polar surface area (TPSA) is 35.2 Å². The Kier molecular flexibility index (Phi) is 4.37. The fourth-order valence-electron chi connectivity index (χ4n) is 1.94. The third-order valence-electron chi connectivity index (χ3n) is 2.89. The predicted molar refractivity (Wildman–Crippen MR) is 75.8 cm³/mol. The van der Waals surface area contributed by atoms with Gasteiger partial charge in [0.25, 0.3) is 0 Å². The molecule has 0 fully saturated rings. The molecular weight excluding hydrogens is 222 g/mol. The van der Waals surface area contributed by atoms with Crippen LogP contribution < -0.4 is 10.5 Å². The Morgan fingerprint density at radius 1 is 0.889 bits per heavy atom. The first-order valence-electron chi connectivity index (χ1n) is 6.35. The van der Waals surface area contributed by atoms with Gasteiger partial charge in [0.1, 0.15) is 5.75 Å². The average Bonchev–Trinajstić information content (AvgIpc) is 2.41. The van der Waals surface area contributed by atoms with Crippen molar-refractivity contribution in [3.8, 4) is 16.9 Å². The van der Waals surface area contributed by atoms with E-state index in [-0.39, 0.29) is 0 Å². The SMILES string of the molecule is CCOc1ccc(-c2ccc(CCN)cc2)cc1. The number of hydrogen-bond donors (Lipinski definition) is 1. The Balaban J connectivity index is 2.15. The van der Waals surface area contributed by atoms with Crippen molar-refractivity contribution < 1.29 is 4.74 Å². The summed E-state index contributed by atoms with van der Waals surface area (Å²) in [6, 6.07) is 16.7. The molecule has 2 nitrogen and oxygen atoms in total. The van der Waals surface area contributed by atoms with Crippen molar-refractivity contribution in [2.24, 2.45) is 5.73 Å². The van der Waals surface area contributed by atoms with Crippen molar-refractivity contribution in [3.05, 3.63) is 54.1 Å². The Bertz CT molecular complexity index is 426. The van der Waals surface area contributed by atoms with E-state index in [2.05, 4.69) is 36.4 Å². The van der Waals surface area contributed by atoms with Gasteiger partial charge >= 0.3 is 0 Å². The minimum atomic E-state index is 0.697. The molecule has 2 heteroatoms. The molecule has 0 aliphatic carbocycles. The largest absolute Gasteiger partial charge is 0.494 e. The maximum Gasteiger partial charge on any atom is 0.119 e. The smallest absolute Gasteiger partial charge is 0.119 e. The third kappa shape index (κ3) is 3.11. The fourth-order valence-corrected chi connectivity index (χ4v) is 1.94. The first-order chi connectivity index (χ1) is 8.83. The Labute approximate surface area is 108 Å². The summed E-state index contributed by atoms with van der Waals surface area (Å²) in [4.78, 5) is 0. The summed E-state index contributed by atoms with van der Waals surface area (Å²) in [5, 5.41) is 0. The maximum absolute atomic E-state index is 5.54. The van der Waals surface area contributed by atoms with Crippen molar-refractivity contribution in [3.63, 3.8) is 0 Å². The molecule has 0 bridgehead atoms. The summed E-state index contributed by atoms with van der Waals surface area (Å²) in [5.41, 5.74) is 9.25. The van der Waals surface area contributed by atoms with Crippen LogP contribution in [0.25, 0.3) is 11.1 Å². The van der Waals surface area contributed by atoms with Crippen LogP contribution in [0.4, 0.5) is 0 Å². The molecule has 0 heterocycles. The summed E-state index contributed by atoms with van der Waals surface area (Å²) < 4.78 is 5.43. The molecule has 0 spiro atoms. The van der Waals surface area contributed by atoms with Crippen LogP contribution in [-0.2, 0) is 6.42 Å². The fraction of sp³-hybridized carbons (Fsp3) is 0.250. The summed E-state index contributed by atoms with van der Waals surface area (Å²) in [5.74, 6) is 0.918. The van der Waals surface area contributed by atoms with Gasteiger partial charge in [0.05, 0.1) is 6.61 Å². The molecule has 2 aromatic carbocycles. The standard InChI is InChI=1S/C16H19NO/c1-2-18-16-9-7-15(8-10-16)14-5-3-13(4-6-14)11-12-17/h3-10H,2,11-12,17H2,1H3. The highest BCUT2D eigenvalue weighted by molar-refractivity contribution is 5.64. The van der Waals surface area contributed by atoms with Gasteiger partial charge < -0.3 is 10.5 Å². The normalized spacial score (nSPS) is 10.3.